The molecule has 0 aliphatic rings. The number of esters is 2. The fourth-order valence-electron chi connectivity index (χ4n) is 3.46. The summed E-state index contributed by atoms with van der Waals surface area (Å²) in [6, 6.07) is 14.6. The molecule has 0 unspecified atom stereocenters. The molecule has 0 radical (unpaired) electrons. The lowest BCUT2D eigenvalue weighted by Gasteiger charge is -2.40. The van der Waals surface area contributed by atoms with Crippen molar-refractivity contribution in [3.8, 4) is 5.75 Å². The van der Waals surface area contributed by atoms with E-state index in [0.29, 0.717) is 11.3 Å². The highest BCUT2D eigenvalue weighted by atomic mass is 32.2. The van der Waals surface area contributed by atoms with Crippen LogP contribution in [-0.4, -0.2) is 50.0 Å². The van der Waals surface area contributed by atoms with E-state index in [4.69, 9.17) is 14.2 Å². The van der Waals surface area contributed by atoms with Crippen molar-refractivity contribution in [2.75, 3.05) is 14.2 Å². The van der Waals surface area contributed by atoms with Gasteiger partial charge in [0.2, 0.25) is 15.6 Å². The standard InChI is InChI=1S/C25H33NO7S/c1-18(2)25(23(28)33-24(3,4)5,22(27)32-17-19-11-9-8-10-12-19)26(6)34(29,30)21-15-13-20(31-7)14-16-21/h8-16,18H,17H2,1-7H3/t25-/m1/s1. The fraction of sp³-hybridized carbons (Fsp3) is 0.440. The number of sulfonamides is 1. The molecule has 0 spiro atoms. The first-order valence-electron chi connectivity index (χ1n) is 10.8. The van der Waals surface area contributed by atoms with Crippen LogP contribution in [-0.2, 0) is 35.7 Å². The minimum absolute atomic E-state index is 0.111. The Morgan fingerprint density at radius 1 is 0.941 bits per heavy atom. The van der Waals surface area contributed by atoms with Gasteiger partial charge < -0.3 is 14.2 Å². The number of carbonyl (C=O) groups excluding carboxylic acids is 2. The second-order valence-corrected chi connectivity index (χ2v) is 11.1. The minimum Gasteiger partial charge on any atom is -0.497 e. The number of hydrogen-bond acceptors (Lipinski definition) is 7. The molecule has 2 aromatic carbocycles. The van der Waals surface area contributed by atoms with E-state index in [2.05, 4.69) is 0 Å². The van der Waals surface area contributed by atoms with Crippen LogP contribution in [0.25, 0.3) is 0 Å². The largest absolute Gasteiger partial charge is 0.497 e. The van der Waals surface area contributed by atoms with Crippen molar-refractivity contribution in [2.24, 2.45) is 5.92 Å². The molecule has 0 aromatic heterocycles. The van der Waals surface area contributed by atoms with Gasteiger partial charge in [0.25, 0.3) is 0 Å². The lowest BCUT2D eigenvalue weighted by molar-refractivity contribution is -0.182. The Morgan fingerprint density at radius 2 is 1.50 bits per heavy atom. The molecule has 0 N–H and O–H groups in total. The highest BCUT2D eigenvalue weighted by Crippen LogP contribution is 2.34. The number of likely N-dealkylation sites (N-methyl/N-ethyl adjacent to an activating group) is 1. The number of hydrogen-bond donors (Lipinski definition) is 0. The molecule has 0 heterocycles. The quantitative estimate of drug-likeness (QED) is 0.389. The molecule has 0 aliphatic heterocycles. The maximum absolute atomic E-state index is 13.6. The Morgan fingerprint density at radius 3 is 1.97 bits per heavy atom. The summed E-state index contributed by atoms with van der Waals surface area (Å²) in [5.41, 5.74) is -2.54. The molecule has 2 rings (SSSR count). The van der Waals surface area contributed by atoms with Gasteiger partial charge in [-0.3, -0.25) is 0 Å². The predicted molar refractivity (Wildman–Crippen MR) is 128 cm³/mol. The van der Waals surface area contributed by atoms with Crippen LogP contribution in [0.4, 0.5) is 0 Å². The highest BCUT2D eigenvalue weighted by molar-refractivity contribution is 7.89. The van der Waals surface area contributed by atoms with Crippen LogP contribution in [0.2, 0.25) is 0 Å². The van der Waals surface area contributed by atoms with Crippen LogP contribution < -0.4 is 4.74 Å². The first-order chi connectivity index (χ1) is 15.8. The maximum atomic E-state index is 13.6. The second-order valence-electron chi connectivity index (χ2n) is 9.13. The number of methoxy groups -OCH3 is 1. The smallest absolute Gasteiger partial charge is 0.340 e. The zero-order chi connectivity index (χ0) is 25.7. The van der Waals surface area contributed by atoms with Gasteiger partial charge in [-0.2, -0.15) is 4.31 Å². The Kier molecular flexibility index (Phi) is 8.50. The second kappa shape index (κ2) is 10.6. The van der Waals surface area contributed by atoms with Crippen LogP contribution in [0.5, 0.6) is 5.75 Å². The minimum atomic E-state index is -4.32. The van der Waals surface area contributed by atoms with Gasteiger partial charge in [-0.15, -0.1) is 0 Å². The Balaban J connectivity index is 2.58. The molecule has 8 nitrogen and oxygen atoms in total. The summed E-state index contributed by atoms with van der Waals surface area (Å²) in [7, 11) is -1.67. The molecule has 186 valence electrons. The molecule has 9 heteroatoms. The van der Waals surface area contributed by atoms with Crippen LogP contribution in [0, 0.1) is 5.92 Å². The number of benzene rings is 2. The molecule has 0 saturated carbocycles. The van der Waals surface area contributed by atoms with E-state index in [1.165, 1.54) is 38.4 Å². The maximum Gasteiger partial charge on any atom is 0.340 e. The van der Waals surface area contributed by atoms with E-state index in [-0.39, 0.29) is 11.5 Å². The SMILES string of the molecule is COc1ccc(S(=O)(=O)N(C)[C@](C(=O)OCc2ccccc2)(C(=O)OC(C)(C)C)C(C)C)cc1. The molecule has 2 aromatic rings. The van der Waals surface area contributed by atoms with Gasteiger partial charge in [-0.25, -0.2) is 18.0 Å². The van der Waals surface area contributed by atoms with E-state index in [0.717, 1.165) is 4.31 Å². The molecule has 0 amide bonds. The van der Waals surface area contributed by atoms with Gasteiger partial charge in [-0.1, -0.05) is 44.2 Å². The predicted octanol–water partition coefficient (Wildman–Crippen LogP) is 3.80. The fourth-order valence-corrected chi connectivity index (χ4v) is 5.00. The van der Waals surface area contributed by atoms with Crippen LogP contribution in [0.15, 0.2) is 59.5 Å². The summed E-state index contributed by atoms with van der Waals surface area (Å²) in [6.07, 6.45) is 0. The van der Waals surface area contributed by atoms with Crippen molar-refractivity contribution in [3.63, 3.8) is 0 Å². The first kappa shape index (κ1) is 27.3. The summed E-state index contributed by atoms with van der Waals surface area (Å²) in [5, 5.41) is 0. The summed E-state index contributed by atoms with van der Waals surface area (Å²) in [4.78, 5) is 27.0. The van der Waals surface area contributed by atoms with Crippen molar-refractivity contribution in [1.29, 1.82) is 0 Å². The van der Waals surface area contributed by atoms with Gasteiger partial charge in [0.15, 0.2) is 0 Å². The summed E-state index contributed by atoms with van der Waals surface area (Å²) in [5.74, 6) is -2.37. The van der Waals surface area contributed by atoms with E-state index in [1.54, 1.807) is 58.9 Å². The van der Waals surface area contributed by atoms with Crippen LogP contribution >= 0.6 is 0 Å². The van der Waals surface area contributed by atoms with Crippen molar-refractivity contribution in [1.82, 2.24) is 4.31 Å². The highest BCUT2D eigenvalue weighted by Gasteiger charge is 2.59. The normalized spacial score (nSPS) is 13.9. The summed E-state index contributed by atoms with van der Waals surface area (Å²) in [6.45, 7) is 7.95. The summed E-state index contributed by atoms with van der Waals surface area (Å²) >= 11 is 0. The molecule has 0 fully saturated rings. The number of carbonyl (C=O) groups is 2. The molecule has 0 aliphatic carbocycles. The Bertz CT molecular complexity index is 1090. The zero-order valence-corrected chi connectivity index (χ0v) is 21.5. The zero-order valence-electron chi connectivity index (χ0n) is 20.7. The molecular formula is C25H33NO7S. The molecule has 1 atom stereocenters. The van der Waals surface area contributed by atoms with Gasteiger partial charge >= 0.3 is 11.9 Å². The Hall–Kier alpha value is -2.91. The lowest BCUT2D eigenvalue weighted by Crippen LogP contribution is -2.65. The Labute approximate surface area is 201 Å². The van der Waals surface area contributed by atoms with Crippen LogP contribution in [0.1, 0.15) is 40.2 Å². The van der Waals surface area contributed by atoms with E-state index in [1.807, 2.05) is 6.07 Å². The van der Waals surface area contributed by atoms with E-state index in [9.17, 15) is 18.0 Å². The van der Waals surface area contributed by atoms with E-state index < -0.39 is 39.0 Å². The number of nitrogens with zero attached hydrogens (tertiary/aromatic N) is 1. The van der Waals surface area contributed by atoms with Gasteiger partial charge in [-0.05, 0) is 56.5 Å². The molecule has 34 heavy (non-hydrogen) atoms. The average Bonchev–Trinajstić information content (AvgIpc) is 2.77. The molecule has 0 bridgehead atoms. The van der Waals surface area contributed by atoms with Crippen molar-refractivity contribution >= 4 is 22.0 Å². The van der Waals surface area contributed by atoms with Gasteiger partial charge in [0.1, 0.15) is 18.0 Å². The van der Waals surface area contributed by atoms with Crippen LogP contribution in [0.3, 0.4) is 0 Å². The molecule has 0 saturated heterocycles. The van der Waals surface area contributed by atoms with Gasteiger partial charge in [0.05, 0.1) is 12.0 Å². The third-order valence-electron chi connectivity index (χ3n) is 5.28. The average molecular weight is 492 g/mol. The first-order valence-corrected chi connectivity index (χ1v) is 12.3. The third-order valence-corrected chi connectivity index (χ3v) is 7.16. The lowest BCUT2D eigenvalue weighted by atomic mass is 9.86. The summed E-state index contributed by atoms with van der Waals surface area (Å²) < 4.78 is 44.1. The monoisotopic (exact) mass is 491 g/mol. The van der Waals surface area contributed by atoms with Crippen molar-refractivity contribution in [2.45, 2.75) is 57.3 Å². The third kappa shape index (κ3) is 5.77. The van der Waals surface area contributed by atoms with Crippen molar-refractivity contribution in [3.05, 3.63) is 60.2 Å². The van der Waals surface area contributed by atoms with E-state index >= 15 is 0 Å². The number of rotatable bonds is 9. The van der Waals surface area contributed by atoms with Gasteiger partial charge in [0, 0.05) is 7.05 Å². The van der Waals surface area contributed by atoms with Crippen molar-refractivity contribution < 1.29 is 32.2 Å². The topological polar surface area (TPSA) is 99.2 Å². The number of ether oxygens (including phenoxy) is 3. The molecular weight excluding hydrogens is 458 g/mol.